The van der Waals surface area contributed by atoms with E-state index < -0.39 is 11.6 Å². The molecule has 3 aromatic rings. The maximum atomic E-state index is 13.8. The maximum absolute atomic E-state index is 13.8. The van der Waals surface area contributed by atoms with Gasteiger partial charge in [-0.25, -0.2) is 0 Å². The molecule has 7 heteroatoms. The molecule has 0 fully saturated rings. The molecule has 0 spiro atoms. The normalized spacial score (nSPS) is 12.5. The van der Waals surface area contributed by atoms with Gasteiger partial charge >= 0.3 is 0 Å². The molecule has 3 rings (SSSR count). The molecule has 3 aromatic carbocycles. The van der Waals surface area contributed by atoms with Gasteiger partial charge in [-0.2, -0.15) is 0 Å². The summed E-state index contributed by atoms with van der Waals surface area (Å²) in [5.41, 5.74) is 2.18. The first-order chi connectivity index (χ1) is 18.2. The maximum Gasteiger partial charge on any atom is 0.261 e. The van der Waals surface area contributed by atoms with E-state index in [4.69, 9.17) is 27.9 Å². The molecule has 208 valence electrons. The van der Waals surface area contributed by atoms with E-state index in [1.54, 1.807) is 18.2 Å². The monoisotopic (exact) mass is 568 g/mol. The Bertz CT molecular complexity index is 1240. The lowest BCUT2D eigenvalue weighted by Crippen LogP contribution is -2.55. The lowest BCUT2D eigenvalue weighted by Gasteiger charge is -2.34. The van der Waals surface area contributed by atoms with Gasteiger partial charge in [-0.3, -0.25) is 9.59 Å². The van der Waals surface area contributed by atoms with Gasteiger partial charge in [0.05, 0.1) is 0 Å². The Kier molecular flexibility index (Phi) is 10.1. The Hall–Kier alpha value is -3.02. The SMILES string of the molecule is CC(C)(C)NC(=O)C(Cc1ccccc1)N(Cc1c(Cl)cccc1Cl)C(=O)COc1ccc(C(C)(C)C)cc1. The summed E-state index contributed by atoms with van der Waals surface area (Å²) >= 11 is 13.0. The van der Waals surface area contributed by atoms with E-state index in [1.165, 1.54) is 4.90 Å². The van der Waals surface area contributed by atoms with E-state index >= 15 is 0 Å². The van der Waals surface area contributed by atoms with Gasteiger partial charge in [0.15, 0.2) is 6.61 Å². The number of ether oxygens (including phenoxy) is 1. The molecular weight excluding hydrogens is 531 g/mol. The molecule has 0 aliphatic heterocycles. The summed E-state index contributed by atoms with van der Waals surface area (Å²) in [4.78, 5) is 29.0. The smallest absolute Gasteiger partial charge is 0.261 e. The van der Waals surface area contributed by atoms with Gasteiger partial charge in [0.2, 0.25) is 5.91 Å². The lowest BCUT2D eigenvalue weighted by molar-refractivity contribution is -0.143. The molecule has 5 nitrogen and oxygen atoms in total. The van der Waals surface area contributed by atoms with Crippen LogP contribution < -0.4 is 10.1 Å². The molecule has 0 aliphatic rings. The van der Waals surface area contributed by atoms with Gasteiger partial charge in [0.1, 0.15) is 11.8 Å². The first kappa shape index (κ1) is 30.5. The van der Waals surface area contributed by atoms with Crippen molar-refractivity contribution in [2.24, 2.45) is 0 Å². The van der Waals surface area contributed by atoms with Crippen molar-refractivity contribution in [3.8, 4) is 5.75 Å². The molecule has 39 heavy (non-hydrogen) atoms. The highest BCUT2D eigenvalue weighted by molar-refractivity contribution is 6.36. The number of hydrogen-bond donors (Lipinski definition) is 1. The first-order valence-electron chi connectivity index (χ1n) is 13.1. The van der Waals surface area contributed by atoms with Crippen LogP contribution in [0, 0.1) is 0 Å². The predicted octanol–water partition coefficient (Wildman–Crippen LogP) is 7.22. The Balaban J connectivity index is 1.95. The van der Waals surface area contributed by atoms with Crippen LogP contribution in [0.1, 0.15) is 58.2 Å². The van der Waals surface area contributed by atoms with Gasteiger partial charge in [0.25, 0.3) is 5.91 Å². The van der Waals surface area contributed by atoms with E-state index in [0.717, 1.165) is 11.1 Å². The van der Waals surface area contributed by atoms with Gasteiger partial charge in [0, 0.05) is 34.1 Å². The second-order valence-electron chi connectivity index (χ2n) is 11.7. The highest BCUT2D eigenvalue weighted by atomic mass is 35.5. The zero-order valence-electron chi connectivity index (χ0n) is 23.6. The van der Waals surface area contributed by atoms with Crippen LogP contribution in [0.15, 0.2) is 72.8 Å². The summed E-state index contributed by atoms with van der Waals surface area (Å²) in [5.74, 6) is -0.0425. The van der Waals surface area contributed by atoms with E-state index in [9.17, 15) is 9.59 Å². The van der Waals surface area contributed by atoms with Crippen molar-refractivity contribution in [1.82, 2.24) is 10.2 Å². The number of amides is 2. The largest absolute Gasteiger partial charge is 0.484 e. The Morgan fingerprint density at radius 2 is 1.44 bits per heavy atom. The summed E-state index contributed by atoms with van der Waals surface area (Å²) < 4.78 is 5.91. The lowest BCUT2D eigenvalue weighted by atomic mass is 9.87. The average Bonchev–Trinajstić information content (AvgIpc) is 2.85. The van der Waals surface area contributed by atoms with Crippen LogP contribution in [0.4, 0.5) is 0 Å². The van der Waals surface area contributed by atoms with Crippen molar-refractivity contribution in [2.45, 2.75) is 71.5 Å². The molecule has 0 bridgehead atoms. The molecule has 0 saturated carbocycles. The standard InChI is InChI=1S/C32H38Cl2N2O3/c1-31(2,3)23-15-17-24(18-16-23)39-21-29(37)36(20-25-26(33)13-10-14-27(25)34)28(30(38)35-32(4,5)6)19-22-11-8-7-9-12-22/h7-18,28H,19-21H2,1-6H3,(H,35,38). The number of benzene rings is 3. The van der Waals surface area contributed by atoms with E-state index in [0.29, 0.717) is 27.8 Å². The molecule has 2 amide bonds. The Morgan fingerprint density at radius 1 is 0.846 bits per heavy atom. The van der Waals surface area contributed by atoms with Crippen LogP contribution in [0.2, 0.25) is 10.0 Å². The topological polar surface area (TPSA) is 58.6 Å². The third-order valence-corrected chi connectivity index (χ3v) is 6.95. The highest BCUT2D eigenvalue weighted by Crippen LogP contribution is 2.28. The minimum absolute atomic E-state index is 0.00441. The van der Waals surface area contributed by atoms with Gasteiger partial charge < -0.3 is 15.0 Å². The minimum Gasteiger partial charge on any atom is -0.484 e. The van der Waals surface area contributed by atoms with Crippen molar-refractivity contribution >= 4 is 35.0 Å². The second-order valence-corrected chi connectivity index (χ2v) is 12.5. The second kappa shape index (κ2) is 12.9. The van der Waals surface area contributed by atoms with Crippen LogP contribution in [0.5, 0.6) is 5.75 Å². The van der Waals surface area contributed by atoms with Crippen molar-refractivity contribution in [3.05, 3.63) is 99.5 Å². The average molecular weight is 570 g/mol. The number of halogens is 2. The third-order valence-electron chi connectivity index (χ3n) is 6.24. The summed E-state index contributed by atoms with van der Waals surface area (Å²) in [5, 5.41) is 3.89. The molecule has 1 unspecified atom stereocenters. The number of nitrogens with zero attached hydrogens (tertiary/aromatic N) is 1. The predicted molar refractivity (Wildman–Crippen MR) is 159 cm³/mol. The van der Waals surface area contributed by atoms with Gasteiger partial charge in [-0.05, 0) is 61.6 Å². The molecule has 0 heterocycles. The molecule has 0 saturated heterocycles. The van der Waals surface area contributed by atoms with E-state index in [2.05, 4.69) is 26.1 Å². The van der Waals surface area contributed by atoms with Crippen LogP contribution in [-0.2, 0) is 28.0 Å². The number of carbonyl (C=O) groups excluding carboxylic acids is 2. The van der Waals surface area contributed by atoms with Crippen molar-refractivity contribution < 1.29 is 14.3 Å². The molecule has 1 N–H and O–H groups in total. The number of nitrogens with one attached hydrogen (secondary N) is 1. The van der Waals surface area contributed by atoms with Crippen molar-refractivity contribution in [3.63, 3.8) is 0 Å². The van der Waals surface area contributed by atoms with E-state index in [1.807, 2.05) is 75.4 Å². The van der Waals surface area contributed by atoms with Crippen LogP contribution in [0.25, 0.3) is 0 Å². The fourth-order valence-corrected chi connectivity index (χ4v) is 4.66. The molecular formula is C32H38Cl2N2O3. The summed E-state index contributed by atoms with van der Waals surface area (Å²) in [6.45, 7) is 12.0. The van der Waals surface area contributed by atoms with Crippen LogP contribution >= 0.6 is 23.2 Å². The third kappa shape index (κ3) is 9.01. The summed E-state index contributed by atoms with van der Waals surface area (Å²) in [7, 11) is 0. The zero-order valence-corrected chi connectivity index (χ0v) is 25.1. The zero-order chi connectivity index (χ0) is 28.8. The van der Waals surface area contributed by atoms with Gasteiger partial charge in [-0.15, -0.1) is 0 Å². The number of rotatable bonds is 9. The Morgan fingerprint density at radius 3 is 1.97 bits per heavy atom. The molecule has 1 atom stereocenters. The van der Waals surface area contributed by atoms with Crippen LogP contribution in [-0.4, -0.2) is 34.9 Å². The highest BCUT2D eigenvalue weighted by Gasteiger charge is 2.33. The molecule has 0 aliphatic carbocycles. The van der Waals surface area contributed by atoms with Crippen molar-refractivity contribution in [1.29, 1.82) is 0 Å². The minimum atomic E-state index is -0.821. The first-order valence-corrected chi connectivity index (χ1v) is 13.8. The van der Waals surface area contributed by atoms with Gasteiger partial charge in [-0.1, -0.05) is 92.5 Å². The molecule has 0 radical (unpaired) electrons. The fraction of sp³-hybridized carbons (Fsp3) is 0.375. The van der Waals surface area contributed by atoms with Crippen molar-refractivity contribution in [2.75, 3.05) is 6.61 Å². The Labute approximate surface area is 242 Å². The number of carbonyl (C=O) groups is 2. The summed E-state index contributed by atoms with van der Waals surface area (Å²) in [6.07, 6.45) is 0.316. The summed E-state index contributed by atoms with van der Waals surface area (Å²) in [6, 6.07) is 21.7. The quantitative estimate of drug-likeness (QED) is 0.296. The molecule has 0 aromatic heterocycles. The van der Waals surface area contributed by atoms with E-state index in [-0.39, 0.29) is 30.4 Å². The van der Waals surface area contributed by atoms with Crippen LogP contribution in [0.3, 0.4) is 0 Å². The fourth-order valence-electron chi connectivity index (χ4n) is 4.14. The number of hydrogen-bond acceptors (Lipinski definition) is 3.